The molecule has 10 nitrogen and oxygen atoms in total. The van der Waals surface area contributed by atoms with Crippen LogP contribution in [0.3, 0.4) is 0 Å². The number of amides is 3. The van der Waals surface area contributed by atoms with Crippen LogP contribution in [0.5, 0.6) is 0 Å². The van der Waals surface area contributed by atoms with E-state index in [1.807, 2.05) is 29.2 Å². The van der Waals surface area contributed by atoms with Crippen LogP contribution in [0.2, 0.25) is 0 Å². The van der Waals surface area contributed by atoms with Crippen molar-refractivity contribution < 1.29 is 24.0 Å². The molecular weight excluding hydrogens is 484 g/mol. The molecule has 0 N–H and O–H groups in total. The van der Waals surface area contributed by atoms with Crippen molar-refractivity contribution in [2.75, 3.05) is 44.3 Å². The maximum Gasteiger partial charge on any atom is 0.294 e. The minimum atomic E-state index is -0.574. The first-order valence-electron chi connectivity index (χ1n) is 11.6. The van der Waals surface area contributed by atoms with E-state index >= 15 is 0 Å². The van der Waals surface area contributed by atoms with Gasteiger partial charge < -0.3 is 14.5 Å². The molecule has 2 fully saturated rings. The molecule has 0 radical (unpaired) electrons. The van der Waals surface area contributed by atoms with E-state index in [9.17, 15) is 24.5 Å². The number of carbonyl (C=O) groups excluding carboxylic acids is 3. The van der Waals surface area contributed by atoms with Gasteiger partial charge in [0, 0.05) is 49.6 Å². The monoisotopic (exact) mass is 508 g/mol. The van der Waals surface area contributed by atoms with Gasteiger partial charge in [0.25, 0.3) is 16.8 Å². The van der Waals surface area contributed by atoms with E-state index < -0.39 is 16.1 Å². The molecule has 186 valence electrons. The molecule has 2 saturated heterocycles. The van der Waals surface area contributed by atoms with Crippen molar-refractivity contribution in [1.82, 2.24) is 9.80 Å². The molecule has 0 aromatic heterocycles. The fourth-order valence-electron chi connectivity index (χ4n) is 4.58. The second kappa shape index (κ2) is 10.1. The average molecular weight is 509 g/mol. The van der Waals surface area contributed by atoms with Gasteiger partial charge in [-0.2, -0.15) is 0 Å². The quantitative estimate of drug-likeness (QED) is 0.344. The predicted molar refractivity (Wildman–Crippen MR) is 134 cm³/mol. The Morgan fingerprint density at radius 2 is 1.83 bits per heavy atom. The zero-order chi connectivity index (χ0) is 25.2. The number of thioether (sulfide) groups is 1. The number of hydrogen-bond acceptors (Lipinski definition) is 8. The molecule has 5 rings (SSSR count). The number of imide groups is 1. The minimum absolute atomic E-state index is 0.113. The van der Waals surface area contributed by atoms with E-state index in [0.29, 0.717) is 45.0 Å². The number of nitrogens with zero attached hydrogens (tertiary/aromatic N) is 4. The van der Waals surface area contributed by atoms with Gasteiger partial charge in [-0.1, -0.05) is 24.3 Å². The van der Waals surface area contributed by atoms with Crippen LogP contribution < -0.4 is 4.90 Å². The lowest BCUT2D eigenvalue weighted by Gasteiger charge is -2.30. The Morgan fingerprint density at radius 3 is 2.58 bits per heavy atom. The van der Waals surface area contributed by atoms with Gasteiger partial charge in [-0.15, -0.1) is 0 Å². The molecule has 11 heteroatoms. The first kappa shape index (κ1) is 24.0. The first-order chi connectivity index (χ1) is 17.4. The van der Waals surface area contributed by atoms with Crippen LogP contribution in [0, 0.1) is 10.1 Å². The SMILES string of the molecule is O=C(CN1C(=O)S/C(=C\c2cc([N+](=O)[O-])ccc2N2CCOCC2)C1=O)N1CCc2ccccc2C1. The van der Waals surface area contributed by atoms with Crippen molar-refractivity contribution in [2.45, 2.75) is 13.0 Å². The Balaban J connectivity index is 1.35. The largest absolute Gasteiger partial charge is 0.378 e. The molecule has 0 bridgehead atoms. The third kappa shape index (κ3) is 4.84. The van der Waals surface area contributed by atoms with Gasteiger partial charge in [0.05, 0.1) is 23.0 Å². The van der Waals surface area contributed by atoms with E-state index in [1.54, 1.807) is 11.0 Å². The number of nitro benzene ring substituents is 1. The Bertz CT molecular complexity index is 1270. The van der Waals surface area contributed by atoms with Gasteiger partial charge in [0.2, 0.25) is 5.91 Å². The number of anilines is 1. The lowest BCUT2D eigenvalue weighted by atomic mass is 10.00. The second-order valence-electron chi connectivity index (χ2n) is 8.70. The highest BCUT2D eigenvalue weighted by atomic mass is 32.2. The van der Waals surface area contributed by atoms with Gasteiger partial charge in [0.1, 0.15) is 6.54 Å². The van der Waals surface area contributed by atoms with Crippen LogP contribution in [0.15, 0.2) is 47.4 Å². The van der Waals surface area contributed by atoms with E-state index in [-0.39, 0.29) is 23.0 Å². The Morgan fingerprint density at radius 1 is 1.08 bits per heavy atom. The van der Waals surface area contributed by atoms with Gasteiger partial charge in [0.15, 0.2) is 0 Å². The number of morpholine rings is 1. The molecule has 2 aromatic carbocycles. The summed E-state index contributed by atoms with van der Waals surface area (Å²) in [7, 11) is 0. The summed E-state index contributed by atoms with van der Waals surface area (Å²) in [5, 5.41) is 10.8. The molecule has 0 unspecified atom stereocenters. The molecule has 0 aliphatic carbocycles. The molecule has 0 atom stereocenters. The topological polar surface area (TPSA) is 113 Å². The van der Waals surface area contributed by atoms with Crippen LogP contribution in [0.4, 0.5) is 16.2 Å². The summed E-state index contributed by atoms with van der Waals surface area (Å²) in [5.41, 5.74) is 3.34. The van der Waals surface area contributed by atoms with Gasteiger partial charge in [-0.25, -0.2) is 0 Å². The van der Waals surface area contributed by atoms with Crippen molar-refractivity contribution in [3.8, 4) is 0 Å². The molecule has 3 heterocycles. The maximum absolute atomic E-state index is 13.1. The zero-order valence-electron chi connectivity index (χ0n) is 19.4. The summed E-state index contributed by atoms with van der Waals surface area (Å²) < 4.78 is 5.40. The van der Waals surface area contributed by atoms with Gasteiger partial charge >= 0.3 is 0 Å². The Hall–Kier alpha value is -3.70. The Labute approximate surface area is 211 Å². The average Bonchev–Trinajstić information content (AvgIpc) is 3.16. The van der Waals surface area contributed by atoms with Crippen LogP contribution in [0.1, 0.15) is 16.7 Å². The van der Waals surface area contributed by atoms with Crippen molar-refractivity contribution in [1.29, 1.82) is 0 Å². The Kier molecular flexibility index (Phi) is 6.75. The van der Waals surface area contributed by atoms with Crippen LogP contribution >= 0.6 is 11.8 Å². The number of nitro groups is 1. The fourth-order valence-corrected chi connectivity index (χ4v) is 5.41. The summed E-state index contributed by atoms with van der Waals surface area (Å²) in [4.78, 5) is 54.4. The number of non-ortho nitro benzene ring substituents is 1. The standard InChI is InChI=1S/C25H24N4O6S/c30-23(27-8-7-17-3-1-2-4-18(17)15-27)16-28-24(31)22(36-25(28)32)14-19-13-20(29(33)34)5-6-21(19)26-9-11-35-12-10-26/h1-6,13-14H,7-12,15-16H2/b22-14-. The highest BCUT2D eigenvalue weighted by molar-refractivity contribution is 8.18. The molecule has 0 saturated carbocycles. The molecule has 0 spiro atoms. The highest BCUT2D eigenvalue weighted by Crippen LogP contribution is 2.36. The fraction of sp³-hybridized carbons (Fsp3) is 0.320. The van der Waals surface area contributed by atoms with Crippen LogP contribution in [-0.2, 0) is 27.3 Å². The van der Waals surface area contributed by atoms with E-state index in [4.69, 9.17) is 4.74 Å². The number of hydrogen-bond donors (Lipinski definition) is 0. The number of rotatable bonds is 5. The molecule has 3 amide bonds. The summed E-state index contributed by atoms with van der Waals surface area (Å²) >= 11 is 0.738. The summed E-state index contributed by atoms with van der Waals surface area (Å²) in [6, 6.07) is 12.4. The molecule has 3 aliphatic rings. The van der Waals surface area contributed by atoms with Crippen molar-refractivity contribution in [2.24, 2.45) is 0 Å². The van der Waals surface area contributed by atoms with Crippen molar-refractivity contribution >= 4 is 46.3 Å². The second-order valence-corrected chi connectivity index (χ2v) is 9.69. The minimum Gasteiger partial charge on any atom is -0.378 e. The van der Waals surface area contributed by atoms with E-state index in [0.717, 1.165) is 34.3 Å². The molecular formula is C25H24N4O6S. The smallest absolute Gasteiger partial charge is 0.294 e. The summed E-state index contributed by atoms with van der Waals surface area (Å²) in [6.45, 7) is 2.89. The number of fused-ring (bicyclic) bond motifs is 1. The van der Waals surface area contributed by atoms with Crippen LogP contribution in [0.25, 0.3) is 6.08 Å². The lowest BCUT2D eigenvalue weighted by molar-refractivity contribution is -0.384. The summed E-state index contributed by atoms with van der Waals surface area (Å²) in [5.74, 6) is -0.868. The lowest BCUT2D eigenvalue weighted by Crippen LogP contribution is -2.44. The molecule has 36 heavy (non-hydrogen) atoms. The first-order valence-corrected chi connectivity index (χ1v) is 12.4. The third-order valence-electron chi connectivity index (χ3n) is 6.51. The van der Waals surface area contributed by atoms with E-state index in [2.05, 4.69) is 0 Å². The van der Waals surface area contributed by atoms with Gasteiger partial charge in [-0.05, 0) is 41.5 Å². The third-order valence-corrected chi connectivity index (χ3v) is 7.42. The van der Waals surface area contributed by atoms with E-state index in [1.165, 1.54) is 23.8 Å². The highest BCUT2D eigenvalue weighted by Gasteiger charge is 2.38. The zero-order valence-corrected chi connectivity index (χ0v) is 20.2. The molecule has 3 aliphatic heterocycles. The number of benzene rings is 2. The predicted octanol–water partition coefficient (Wildman–Crippen LogP) is 3.05. The van der Waals surface area contributed by atoms with Crippen LogP contribution in [-0.4, -0.2) is 71.2 Å². The van der Waals surface area contributed by atoms with Gasteiger partial charge in [-0.3, -0.25) is 29.4 Å². The van der Waals surface area contributed by atoms with Crippen molar-refractivity contribution in [3.63, 3.8) is 0 Å². The maximum atomic E-state index is 13.1. The normalized spacial score (nSPS) is 19.1. The summed E-state index contributed by atoms with van der Waals surface area (Å²) in [6.07, 6.45) is 2.23. The molecule has 2 aromatic rings. The number of ether oxygens (including phenoxy) is 1. The van der Waals surface area contributed by atoms with Crippen molar-refractivity contribution in [3.05, 3.63) is 74.2 Å². The number of carbonyl (C=O) groups is 3.